The van der Waals surface area contributed by atoms with Crippen molar-refractivity contribution < 1.29 is 9.53 Å². The van der Waals surface area contributed by atoms with E-state index in [1.165, 1.54) is 0 Å². The monoisotopic (exact) mass is 396 g/mol. The van der Waals surface area contributed by atoms with E-state index in [9.17, 15) is 4.79 Å². The van der Waals surface area contributed by atoms with Gasteiger partial charge in [0.25, 0.3) is 5.91 Å². The summed E-state index contributed by atoms with van der Waals surface area (Å²) in [6.45, 7) is 0.675. The van der Waals surface area contributed by atoms with Gasteiger partial charge in [0.15, 0.2) is 0 Å². The van der Waals surface area contributed by atoms with E-state index in [0.717, 1.165) is 36.1 Å². The summed E-state index contributed by atoms with van der Waals surface area (Å²) in [5.41, 5.74) is 3.44. The average molecular weight is 397 g/mol. The van der Waals surface area contributed by atoms with Crippen molar-refractivity contribution in [3.63, 3.8) is 0 Å². The SMILES string of the molecule is COc1ccc(Cl)cc1C(=O)N1CCCC[C@@H]1c1[nH]ncc1-c1ccncc1. The maximum atomic E-state index is 13.4. The molecule has 4 rings (SSSR count). The summed E-state index contributed by atoms with van der Waals surface area (Å²) < 4.78 is 5.40. The molecule has 1 saturated heterocycles. The second kappa shape index (κ2) is 8.02. The van der Waals surface area contributed by atoms with E-state index >= 15 is 0 Å². The van der Waals surface area contributed by atoms with Gasteiger partial charge < -0.3 is 9.64 Å². The number of likely N-dealkylation sites (tertiary alicyclic amines) is 1. The Balaban J connectivity index is 1.72. The molecule has 0 spiro atoms. The molecule has 1 N–H and O–H groups in total. The second-order valence-corrected chi connectivity index (χ2v) is 7.22. The van der Waals surface area contributed by atoms with Gasteiger partial charge in [0, 0.05) is 29.5 Å². The number of carbonyl (C=O) groups excluding carboxylic acids is 1. The van der Waals surface area contributed by atoms with Crippen molar-refractivity contribution in [2.75, 3.05) is 13.7 Å². The summed E-state index contributed by atoms with van der Waals surface area (Å²) in [7, 11) is 1.56. The molecule has 3 aromatic rings. The fraction of sp³-hybridized carbons (Fsp3) is 0.286. The smallest absolute Gasteiger partial charge is 0.258 e. The average Bonchev–Trinajstić information content (AvgIpc) is 3.23. The highest BCUT2D eigenvalue weighted by Gasteiger charge is 2.32. The lowest BCUT2D eigenvalue weighted by Gasteiger charge is -2.36. The van der Waals surface area contributed by atoms with Crippen LogP contribution in [0.3, 0.4) is 0 Å². The molecule has 1 fully saturated rings. The third-order valence-electron chi connectivity index (χ3n) is 5.15. The lowest BCUT2D eigenvalue weighted by atomic mass is 9.94. The molecule has 144 valence electrons. The van der Waals surface area contributed by atoms with Crippen LogP contribution in [-0.4, -0.2) is 39.6 Å². The van der Waals surface area contributed by atoms with Crippen molar-refractivity contribution in [3.05, 3.63) is 65.2 Å². The number of pyridine rings is 1. The molecule has 0 unspecified atom stereocenters. The number of benzene rings is 1. The first-order valence-electron chi connectivity index (χ1n) is 9.27. The van der Waals surface area contributed by atoms with E-state index in [1.807, 2.05) is 23.2 Å². The number of nitrogens with zero attached hydrogens (tertiary/aromatic N) is 3. The van der Waals surface area contributed by atoms with E-state index in [2.05, 4.69) is 15.2 Å². The third-order valence-corrected chi connectivity index (χ3v) is 5.38. The van der Waals surface area contributed by atoms with E-state index in [4.69, 9.17) is 16.3 Å². The van der Waals surface area contributed by atoms with Crippen LogP contribution >= 0.6 is 11.6 Å². The Morgan fingerprint density at radius 1 is 1.25 bits per heavy atom. The number of methoxy groups -OCH3 is 1. The largest absolute Gasteiger partial charge is 0.496 e. The number of hydrogen-bond acceptors (Lipinski definition) is 4. The first-order valence-corrected chi connectivity index (χ1v) is 9.65. The zero-order chi connectivity index (χ0) is 19.5. The summed E-state index contributed by atoms with van der Waals surface area (Å²) in [5.74, 6) is 0.442. The molecule has 1 amide bonds. The highest BCUT2D eigenvalue weighted by molar-refractivity contribution is 6.31. The Bertz CT molecular complexity index is 974. The van der Waals surface area contributed by atoms with Gasteiger partial charge in [-0.2, -0.15) is 5.10 Å². The molecule has 7 heteroatoms. The van der Waals surface area contributed by atoms with Crippen LogP contribution < -0.4 is 4.74 Å². The highest BCUT2D eigenvalue weighted by atomic mass is 35.5. The van der Waals surface area contributed by atoms with Gasteiger partial charge in [-0.05, 0) is 55.2 Å². The zero-order valence-electron chi connectivity index (χ0n) is 15.6. The van der Waals surface area contributed by atoms with E-state index < -0.39 is 0 Å². The zero-order valence-corrected chi connectivity index (χ0v) is 16.3. The summed E-state index contributed by atoms with van der Waals surface area (Å²) >= 11 is 6.15. The van der Waals surface area contributed by atoms with Crippen molar-refractivity contribution in [1.82, 2.24) is 20.1 Å². The molecule has 0 saturated carbocycles. The first kappa shape index (κ1) is 18.5. The number of aromatic amines is 1. The van der Waals surface area contributed by atoms with Crippen molar-refractivity contribution in [1.29, 1.82) is 0 Å². The molecular formula is C21H21ClN4O2. The van der Waals surface area contributed by atoms with Crippen molar-refractivity contribution in [2.45, 2.75) is 25.3 Å². The summed E-state index contributed by atoms with van der Waals surface area (Å²) in [4.78, 5) is 19.4. The van der Waals surface area contributed by atoms with Gasteiger partial charge in [0.1, 0.15) is 5.75 Å². The Hall–Kier alpha value is -2.86. The maximum Gasteiger partial charge on any atom is 0.258 e. The van der Waals surface area contributed by atoms with Gasteiger partial charge in [-0.3, -0.25) is 14.9 Å². The number of carbonyl (C=O) groups is 1. The van der Waals surface area contributed by atoms with Crippen molar-refractivity contribution in [2.24, 2.45) is 0 Å². The van der Waals surface area contributed by atoms with Crippen molar-refractivity contribution in [3.8, 4) is 16.9 Å². The molecule has 2 aromatic heterocycles. The molecule has 28 heavy (non-hydrogen) atoms. The fourth-order valence-corrected chi connectivity index (χ4v) is 3.96. The number of piperidine rings is 1. The van der Waals surface area contributed by atoms with Crippen LogP contribution in [0.25, 0.3) is 11.1 Å². The maximum absolute atomic E-state index is 13.4. The number of halogens is 1. The molecule has 1 aliphatic rings. The minimum Gasteiger partial charge on any atom is -0.496 e. The second-order valence-electron chi connectivity index (χ2n) is 6.79. The van der Waals surface area contributed by atoms with Crippen LogP contribution in [0.4, 0.5) is 0 Å². The molecule has 1 aliphatic heterocycles. The quantitative estimate of drug-likeness (QED) is 0.704. The summed E-state index contributed by atoms with van der Waals surface area (Å²) in [5, 5.41) is 7.90. The van der Waals surface area contributed by atoms with Crippen LogP contribution in [0.2, 0.25) is 5.02 Å². The summed E-state index contributed by atoms with van der Waals surface area (Å²) in [6.07, 6.45) is 8.20. The molecule has 0 bridgehead atoms. The Labute approximate surface area is 168 Å². The van der Waals surface area contributed by atoms with Gasteiger partial charge in [-0.1, -0.05) is 11.6 Å². The lowest BCUT2D eigenvalue weighted by Crippen LogP contribution is -2.39. The topological polar surface area (TPSA) is 71.1 Å². The number of amides is 1. The van der Waals surface area contributed by atoms with Gasteiger partial charge in [-0.15, -0.1) is 0 Å². The minimum absolute atomic E-state index is 0.0840. The normalized spacial score (nSPS) is 16.8. The minimum atomic E-state index is -0.0874. The van der Waals surface area contributed by atoms with Crippen LogP contribution in [-0.2, 0) is 0 Å². The van der Waals surface area contributed by atoms with Gasteiger partial charge in [-0.25, -0.2) is 0 Å². The predicted molar refractivity (Wildman–Crippen MR) is 107 cm³/mol. The Morgan fingerprint density at radius 3 is 2.86 bits per heavy atom. The molecule has 0 aliphatic carbocycles. The van der Waals surface area contributed by atoms with Gasteiger partial charge in [0.2, 0.25) is 0 Å². The molecular weight excluding hydrogens is 376 g/mol. The molecule has 0 radical (unpaired) electrons. The Morgan fingerprint density at radius 2 is 2.07 bits per heavy atom. The number of rotatable bonds is 4. The number of ether oxygens (including phenoxy) is 1. The first-order chi connectivity index (χ1) is 13.7. The van der Waals surface area contributed by atoms with Gasteiger partial charge >= 0.3 is 0 Å². The van der Waals surface area contributed by atoms with Crippen LogP contribution in [0.15, 0.2) is 48.9 Å². The standard InChI is InChI=1S/C21H21ClN4O2/c1-28-19-6-5-15(22)12-16(19)21(27)26-11-3-2-4-18(26)20-17(13-24-25-20)14-7-9-23-10-8-14/h5-10,12-13,18H,2-4,11H2,1H3,(H,24,25)/t18-/m1/s1. The van der Waals surface area contributed by atoms with E-state index in [0.29, 0.717) is 22.9 Å². The van der Waals surface area contributed by atoms with Crippen molar-refractivity contribution >= 4 is 17.5 Å². The van der Waals surface area contributed by atoms with E-state index in [1.54, 1.807) is 37.7 Å². The number of aromatic nitrogens is 3. The summed E-state index contributed by atoms with van der Waals surface area (Å²) in [6, 6.07) is 8.93. The fourth-order valence-electron chi connectivity index (χ4n) is 3.79. The number of H-pyrrole nitrogens is 1. The molecule has 3 heterocycles. The number of nitrogens with one attached hydrogen (secondary N) is 1. The highest BCUT2D eigenvalue weighted by Crippen LogP contribution is 2.37. The lowest BCUT2D eigenvalue weighted by molar-refractivity contribution is 0.0603. The van der Waals surface area contributed by atoms with Gasteiger partial charge in [0.05, 0.1) is 30.6 Å². The third kappa shape index (κ3) is 3.47. The van der Waals surface area contributed by atoms with Crippen LogP contribution in [0.5, 0.6) is 5.75 Å². The van der Waals surface area contributed by atoms with Crippen LogP contribution in [0, 0.1) is 0 Å². The molecule has 1 atom stereocenters. The Kier molecular flexibility index (Phi) is 5.30. The predicted octanol–water partition coefficient (Wildman–Crippen LogP) is 4.50. The number of hydrogen-bond donors (Lipinski definition) is 1. The van der Waals surface area contributed by atoms with Crippen LogP contribution in [0.1, 0.15) is 41.4 Å². The van der Waals surface area contributed by atoms with E-state index in [-0.39, 0.29) is 11.9 Å². The molecule has 1 aromatic carbocycles. The molecule has 6 nitrogen and oxygen atoms in total.